The molecule has 0 atom stereocenters. The van der Waals surface area contributed by atoms with Gasteiger partial charge in [-0.15, -0.1) is 0 Å². The fourth-order valence-corrected chi connectivity index (χ4v) is 2.44. The normalized spacial score (nSPS) is 11.8. The lowest BCUT2D eigenvalue weighted by Gasteiger charge is -2.23. The fourth-order valence-electron chi connectivity index (χ4n) is 2.44. The zero-order valence-corrected chi connectivity index (χ0v) is 13.5. The van der Waals surface area contributed by atoms with Crippen molar-refractivity contribution in [2.45, 2.75) is 84.5 Å². The van der Waals surface area contributed by atoms with E-state index in [0.29, 0.717) is 5.41 Å². The molecule has 0 nitrogen and oxygen atoms in total. The third-order valence-corrected chi connectivity index (χ3v) is 4.44. The van der Waals surface area contributed by atoms with Crippen molar-refractivity contribution >= 4 is 0 Å². The highest BCUT2D eigenvalue weighted by Gasteiger charge is 2.17. The zero-order chi connectivity index (χ0) is 14.1. The van der Waals surface area contributed by atoms with E-state index in [1.807, 2.05) is 0 Å². The number of benzene rings is 1. The molecular weight excluding hydrogens is 228 g/mol. The molecule has 0 aliphatic rings. The summed E-state index contributed by atoms with van der Waals surface area (Å²) in [7, 11) is 0. The first kappa shape index (κ1) is 16.3. The van der Waals surface area contributed by atoms with E-state index in [1.165, 1.54) is 62.5 Å². The van der Waals surface area contributed by atoms with Crippen LogP contribution in [0.25, 0.3) is 0 Å². The van der Waals surface area contributed by atoms with E-state index in [0.717, 1.165) is 0 Å². The summed E-state index contributed by atoms with van der Waals surface area (Å²) >= 11 is 0. The number of rotatable bonds is 9. The fraction of sp³-hybridized carbons (Fsp3) is 0.684. The van der Waals surface area contributed by atoms with E-state index in [2.05, 4.69) is 52.0 Å². The molecule has 0 aromatic heterocycles. The predicted molar refractivity (Wildman–Crippen MR) is 86.8 cm³/mol. The van der Waals surface area contributed by atoms with Gasteiger partial charge in [0.25, 0.3) is 0 Å². The van der Waals surface area contributed by atoms with Crippen LogP contribution in [0.5, 0.6) is 0 Å². The van der Waals surface area contributed by atoms with Crippen LogP contribution in [-0.2, 0) is 11.8 Å². The Morgan fingerprint density at radius 3 is 1.95 bits per heavy atom. The summed E-state index contributed by atoms with van der Waals surface area (Å²) in [5.74, 6) is 0. The average molecular weight is 260 g/mol. The summed E-state index contributed by atoms with van der Waals surface area (Å²) < 4.78 is 0. The minimum Gasteiger partial charge on any atom is -0.0654 e. The molecule has 0 heteroatoms. The first-order valence-electron chi connectivity index (χ1n) is 8.19. The summed E-state index contributed by atoms with van der Waals surface area (Å²) in [5, 5.41) is 0. The molecule has 0 heterocycles. The molecule has 1 rings (SSSR count). The van der Waals surface area contributed by atoms with Crippen molar-refractivity contribution in [1.29, 1.82) is 0 Å². The maximum absolute atomic E-state index is 2.33. The van der Waals surface area contributed by atoms with E-state index in [1.54, 1.807) is 0 Å². The molecule has 0 aliphatic heterocycles. The van der Waals surface area contributed by atoms with E-state index in [4.69, 9.17) is 0 Å². The first-order valence-corrected chi connectivity index (χ1v) is 8.19. The molecule has 0 radical (unpaired) electrons. The van der Waals surface area contributed by atoms with Crippen LogP contribution in [0.15, 0.2) is 24.3 Å². The Balaban J connectivity index is 2.32. The van der Waals surface area contributed by atoms with Gasteiger partial charge in [-0.1, -0.05) is 84.1 Å². The monoisotopic (exact) mass is 260 g/mol. The van der Waals surface area contributed by atoms with Crippen LogP contribution in [0.1, 0.15) is 83.8 Å². The highest BCUT2D eigenvalue weighted by Crippen LogP contribution is 2.26. The summed E-state index contributed by atoms with van der Waals surface area (Å²) in [6.07, 6.45) is 10.8. The Morgan fingerprint density at radius 2 is 1.37 bits per heavy atom. The number of hydrogen-bond donors (Lipinski definition) is 0. The van der Waals surface area contributed by atoms with Crippen LogP contribution in [-0.4, -0.2) is 0 Å². The Labute approximate surface area is 120 Å². The van der Waals surface area contributed by atoms with Gasteiger partial charge in [0.15, 0.2) is 0 Å². The number of unbranched alkanes of at least 4 members (excludes halogenated alkanes) is 5. The smallest absolute Gasteiger partial charge is 0.0106 e. The van der Waals surface area contributed by atoms with Gasteiger partial charge in [-0.25, -0.2) is 0 Å². The van der Waals surface area contributed by atoms with Gasteiger partial charge >= 0.3 is 0 Å². The lowest BCUT2D eigenvalue weighted by molar-refractivity contribution is 0.506. The van der Waals surface area contributed by atoms with Gasteiger partial charge in [0.2, 0.25) is 0 Å². The van der Waals surface area contributed by atoms with Crippen molar-refractivity contribution in [3.8, 4) is 0 Å². The van der Waals surface area contributed by atoms with E-state index < -0.39 is 0 Å². The molecule has 0 spiro atoms. The second-order valence-corrected chi connectivity index (χ2v) is 6.45. The summed E-state index contributed by atoms with van der Waals surface area (Å²) in [4.78, 5) is 0. The summed E-state index contributed by atoms with van der Waals surface area (Å²) in [6.45, 7) is 9.20. The molecule has 0 saturated heterocycles. The highest BCUT2D eigenvalue weighted by atomic mass is 14.2. The Hall–Kier alpha value is -0.780. The molecule has 0 bridgehead atoms. The molecular formula is C19H32. The Kier molecular flexibility index (Phi) is 7.20. The largest absolute Gasteiger partial charge is 0.0654 e. The van der Waals surface area contributed by atoms with E-state index >= 15 is 0 Å². The van der Waals surface area contributed by atoms with Crippen LogP contribution in [0, 0.1) is 0 Å². The molecule has 1 aromatic rings. The lowest BCUT2D eigenvalue weighted by Crippen LogP contribution is -2.15. The molecule has 0 amide bonds. The molecule has 0 saturated carbocycles. The van der Waals surface area contributed by atoms with Crippen molar-refractivity contribution in [2.24, 2.45) is 0 Å². The third-order valence-electron chi connectivity index (χ3n) is 4.44. The maximum atomic E-state index is 2.33. The molecule has 1 aromatic carbocycles. The highest BCUT2D eigenvalue weighted by molar-refractivity contribution is 5.28. The standard InChI is InChI=1S/C19H32/c1-5-7-8-9-10-11-12-17-13-15-18(16-14-17)19(3,4)6-2/h13-16H,5-12H2,1-4H3. The van der Waals surface area contributed by atoms with Gasteiger partial charge in [0.1, 0.15) is 0 Å². The Bertz CT molecular complexity index is 332. The van der Waals surface area contributed by atoms with Crippen molar-refractivity contribution < 1.29 is 0 Å². The summed E-state index contributed by atoms with van der Waals surface area (Å²) in [6, 6.07) is 9.32. The maximum Gasteiger partial charge on any atom is -0.0106 e. The van der Waals surface area contributed by atoms with Crippen molar-refractivity contribution in [3.63, 3.8) is 0 Å². The number of hydrogen-bond acceptors (Lipinski definition) is 0. The quantitative estimate of drug-likeness (QED) is 0.458. The van der Waals surface area contributed by atoms with Crippen molar-refractivity contribution in [1.82, 2.24) is 0 Å². The Morgan fingerprint density at radius 1 is 0.789 bits per heavy atom. The molecule has 19 heavy (non-hydrogen) atoms. The van der Waals surface area contributed by atoms with Crippen LogP contribution in [0.2, 0.25) is 0 Å². The SMILES string of the molecule is CCCCCCCCc1ccc(C(C)(C)CC)cc1. The molecule has 108 valence electrons. The zero-order valence-electron chi connectivity index (χ0n) is 13.5. The van der Waals surface area contributed by atoms with E-state index in [-0.39, 0.29) is 0 Å². The summed E-state index contributed by atoms with van der Waals surface area (Å²) in [5.41, 5.74) is 3.30. The van der Waals surface area contributed by atoms with Gasteiger partial charge in [-0.05, 0) is 35.8 Å². The van der Waals surface area contributed by atoms with Gasteiger partial charge < -0.3 is 0 Å². The van der Waals surface area contributed by atoms with Crippen LogP contribution in [0.3, 0.4) is 0 Å². The van der Waals surface area contributed by atoms with Crippen molar-refractivity contribution in [3.05, 3.63) is 35.4 Å². The third kappa shape index (κ3) is 5.80. The molecule has 0 N–H and O–H groups in total. The predicted octanol–water partition coefficient (Wildman–Crippen LogP) is 6.28. The topological polar surface area (TPSA) is 0 Å². The first-order chi connectivity index (χ1) is 9.10. The molecule has 0 aliphatic carbocycles. The van der Waals surface area contributed by atoms with Gasteiger partial charge in [-0.3, -0.25) is 0 Å². The van der Waals surface area contributed by atoms with Crippen LogP contribution in [0.4, 0.5) is 0 Å². The average Bonchev–Trinajstić information content (AvgIpc) is 2.43. The molecule has 0 unspecified atom stereocenters. The van der Waals surface area contributed by atoms with Gasteiger partial charge in [-0.2, -0.15) is 0 Å². The van der Waals surface area contributed by atoms with Crippen LogP contribution >= 0.6 is 0 Å². The second kappa shape index (κ2) is 8.40. The van der Waals surface area contributed by atoms with Gasteiger partial charge in [0, 0.05) is 0 Å². The minimum atomic E-state index is 0.318. The van der Waals surface area contributed by atoms with Crippen LogP contribution < -0.4 is 0 Å². The molecule has 0 fully saturated rings. The minimum absolute atomic E-state index is 0.318. The van der Waals surface area contributed by atoms with Gasteiger partial charge in [0.05, 0.1) is 0 Å². The second-order valence-electron chi connectivity index (χ2n) is 6.45. The van der Waals surface area contributed by atoms with Crippen molar-refractivity contribution in [2.75, 3.05) is 0 Å². The number of aryl methyl sites for hydroxylation is 1. The van der Waals surface area contributed by atoms with E-state index in [9.17, 15) is 0 Å². The lowest BCUT2D eigenvalue weighted by atomic mass is 9.82.